The SMILES string of the molecule is CCCCCCCCC(CCCCCCCC)OC(=O)CCCCCCCN(CCCCCCCC(=O)OCCC(CCCC)CCCC)CCCNC(=O)C(C)OC(C)(C)C. The molecule has 0 aromatic rings. The zero-order valence-electron chi connectivity index (χ0n) is 42.7. The van der Waals surface area contributed by atoms with Crippen LogP contribution >= 0.6 is 0 Å². The first-order valence-electron chi connectivity index (χ1n) is 27.0. The van der Waals surface area contributed by atoms with Crippen LogP contribution in [0.25, 0.3) is 0 Å². The van der Waals surface area contributed by atoms with Crippen LogP contribution in [0.3, 0.4) is 0 Å². The second-order valence-electron chi connectivity index (χ2n) is 19.8. The number of unbranched alkanes of at least 4 members (excludes halogenated alkanes) is 20. The van der Waals surface area contributed by atoms with Gasteiger partial charge in [0.2, 0.25) is 5.91 Å². The van der Waals surface area contributed by atoms with Crippen molar-refractivity contribution in [2.45, 2.75) is 292 Å². The fourth-order valence-corrected chi connectivity index (χ4v) is 8.49. The lowest BCUT2D eigenvalue weighted by Gasteiger charge is -2.25. The minimum atomic E-state index is -0.468. The number of nitrogens with zero attached hydrogens (tertiary/aromatic N) is 1. The number of carbonyl (C=O) groups is 3. The molecule has 368 valence electrons. The molecule has 0 aliphatic heterocycles. The van der Waals surface area contributed by atoms with Gasteiger partial charge in [-0.25, -0.2) is 0 Å². The van der Waals surface area contributed by atoms with E-state index >= 15 is 0 Å². The molecule has 8 heteroatoms. The van der Waals surface area contributed by atoms with Gasteiger partial charge in [-0.05, 0) is 117 Å². The molecule has 0 saturated heterocycles. The largest absolute Gasteiger partial charge is 0.466 e. The number of ether oxygens (including phenoxy) is 3. The van der Waals surface area contributed by atoms with E-state index in [1.54, 1.807) is 0 Å². The van der Waals surface area contributed by atoms with Crippen LogP contribution in [0.15, 0.2) is 0 Å². The number of amides is 1. The maximum absolute atomic E-state index is 12.9. The zero-order chi connectivity index (χ0) is 45.9. The molecule has 0 aliphatic carbocycles. The van der Waals surface area contributed by atoms with Gasteiger partial charge in [-0.1, -0.05) is 169 Å². The summed E-state index contributed by atoms with van der Waals surface area (Å²) in [7, 11) is 0. The van der Waals surface area contributed by atoms with E-state index in [-0.39, 0.29) is 29.6 Å². The Kier molecular flexibility index (Phi) is 42.1. The van der Waals surface area contributed by atoms with Crippen LogP contribution < -0.4 is 5.32 Å². The van der Waals surface area contributed by atoms with Crippen LogP contribution in [0, 0.1) is 5.92 Å². The second-order valence-corrected chi connectivity index (χ2v) is 19.8. The van der Waals surface area contributed by atoms with Crippen molar-refractivity contribution in [1.82, 2.24) is 10.2 Å². The summed E-state index contributed by atoms with van der Waals surface area (Å²) in [6.07, 6.45) is 38.3. The molecule has 1 atom stereocenters. The highest BCUT2D eigenvalue weighted by Crippen LogP contribution is 2.21. The Morgan fingerprint density at radius 2 is 0.935 bits per heavy atom. The Labute approximate surface area is 385 Å². The Morgan fingerprint density at radius 3 is 1.44 bits per heavy atom. The van der Waals surface area contributed by atoms with E-state index in [0.29, 0.717) is 31.9 Å². The van der Waals surface area contributed by atoms with Crippen molar-refractivity contribution in [3.63, 3.8) is 0 Å². The number of hydrogen-bond donors (Lipinski definition) is 1. The van der Waals surface area contributed by atoms with Gasteiger partial charge in [-0.2, -0.15) is 0 Å². The van der Waals surface area contributed by atoms with Gasteiger partial charge in [0.05, 0.1) is 12.2 Å². The van der Waals surface area contributed by atoms with Crippen LogP contribution in [0.5, 0.6) is 0 Å². The van der Waals surface area contributed by atoms with Gasteiger partial charge in [-0.15, -0.1) is 0 Å². The Hall–Kier alpha value is -1.67. The highest BCUT2D eigenvalue weighted by Gasteiger charge is 2.21. The summed E-state index contributed by atoms with van der Waals surface area (Å²) in [5.74, 6) is 0.623. The van der Waals surface area contributed by atoms with Gasteiger partial charge in [0.15, 0.2) is 0 Å². The van der Waals surface area contributed by atoms with E-state index in [2.05, 4.69) is 37.9 Å². The van der Waals surface area contributed by atoms with E-state index in [4.69, 9.17) is 14.2 Å². The second kappa shape index (κ2) is 43.2. The summed E-state index contributed by atoms with van der Waals surface area (Å²) in [4.78, 5) is 40.4. The molecule has 8 nitrogen and oxygen atoms in total. The molecule has 0 aromatic carbocycles. The van der Waals surface area contributed by atoms with Crippen molar-refractivity contribution >= 4 is 17.8 Å². The van der Waals surface area contributed by atoms with Crippen molar-refractivity contribution < 1.29 is 28.6 Å². The lowest BCUT2D eigenvalue weighted by molar-refractivity contribution is -0.150. The van der Waals surface area contributed by atoms with Gasteiger partial charge in [0.1, 0.15) is 12.2 Å². The Morgan fingerprint density at radius 1 is 0.500 bits per heavy atom. The third kappa shape index (κ3) is 41.1. The lowest BCUT2D eigenvalue weighted by Crippen LogP contribution is -2.40. The first kappa shape index (κ1) is 60.3. The molecule has 1 N–H and O–H groups in total. The van der Waals surface area contributed by atoms with E-state index < -0.39 is 6.10 Å². The third-order valence-electron chi connectivity index (χ3n) is 12.3. The zero-order valence-corrected chi connectivity index (χ0v) is 42.7. The van der Waals surface area contributed by atoms with Gasteiger partial charge in [0.25, 0.3) is 0 Å². The predicted octanol–water partition coefficient (Wildman–Crippen LogP) is 15.0. The Balaban J connectivity index is 4.65. The van der Waals surface area contributed by atoms with Crippen LogP contribution in [-0.2, 0) is 28.6 Å². The van der Waals surface area contributed by atoms with Gasteiger partial charge in [-0.3, -0.25) is 14.4 Å². The summed E-state index contributed by atoms with van der Waals surface area (Å²) in [5.41, 5.74) is -0.353. The van der Waals surface area contributed by atoms with Crippen LogP contribution in [0.2, 0.25) is 0 Å². The van der Waals surface area contributed by atoms with E-state index in [1.807, 2.05) is 27.7 Å². The molecule has 0 aromatic heterocycles. The number of nitrogens with one attached hydrogen (secondary N) is 1. The molecule has 62 heavy (non-hydrogen) atoms. The molecule has 0 saturated carbocycles. The molecule has 1 amide bonds. The van der Waals surface area contributed by atoms with Crippen molar-refractivity contribution in [1.29, 1.82) is 0 Å². The molecule has 0 spiro atoms. The average molecular weight is 879 g/mol. The average Bonchev–Trinajstić information content (AvgIpc) is 3.23. The first-order chi connectivity index (χ1) is 29.9. The minimum absolute atomic E-state index is 0.00792. The van der Waals surface area contributed by atoms with Gasteiger partial charge < -0.3 is 24.4 Å². The van der Waals surface area contributed by atoms with Gasteiger partial charge in [0, 0.05) is 19.4 Å². The third-order valence-corrected chi connectivity index (χ3v) is 12.3. The van der Waals surface area contributed by atoms with Crippen LogP contribution in [0.1, 0.15) is 274 Å². The normalized spacial score (nSPS) is 12.4. The lowest BCUT2D eigenvalue weighted by atomic mass is 9.93. The fourth-order valence-electron chi connectivity index (χ4n) is 8.49. The van der Waals surface area contributed by atoms with Crippen LogP contribution in [0.4, 0.5) is 0 Å². The monoisotopic (exact) mass is 879 g/mol. The molecule has 0 aliphatic rings. The number of esters is 2. The van der Waals surface area contributed by atoms with Gasteiger partial charge >= 0.3 is 11.9 Å². The summed E-state index contributed by atoms with van der Waals surface area (Å²) in [6.45, 7) is 21.1. The Bertz CT molecular complexity index is 991. The predicted molar refractivity (Wildman–Crippen MR) is 264 cm³/mol. The van der Waals surface area contributed by atoms with Crippen molar-refractivity contribution in [2.75, 3.05) is 32.8 Å². The molecule has 0 bridgehead atoms. The molecular formula is C54H106N2O6. The maximum atomic E-state index is 12.9. The summed E-state index contributed by atoms with van der Waals surface area (Å²) in [5, 5.41) is 3.08. The molecule has 1 unspecified atom stereocenters. The van der Waals surface area contributed by atoms with E-state index in [9.17, 15) is 14.4 Å². The summed E-state index contributed by atoms with van der Waals surface area (Å²) >= 11 is 0. The summed E-state index contributed by atoms with van der Waals surface area (Å²) in [6, 6.07) is 0. The van der Waals surface area contributed by atoms with Crippen LogP contribution in [-0.4, -0.2) is 73.3 Å². The standard InChI is InChI=1S/C54H106N2O6/c1-9-13-17-19-23-29-38-50(39-30-24-20-18-14-10-2)61-52(58)41-32-26-22-28-34-45-56(46-35-43-55-53(59)48(5)62-54(6,7)8)44-33-27-21-25-31-40-51(57)60-47-42-49(36-15-11-3)37-16-12-4/h48-50H,9-47H2,1-8H3,(H,55,59). The van der Waals surface area contributed by atoms with Crippen molar-refractivity contribution in [2.24, 2.45) is 5.92 Å². The highest BCUT2D eigenvalue weighted by atomic mass is 16.5. The summed E-state index contributed by atoms with van der Waals surface area (Å²) < 4.78 is 17.5. The topological polar surface area (TPSA) is 94.2 Å². The van der Waals surface area contributed by atoms with E-state index in [0.717, 1.165) is 110 Å². The molecule has 0 heterocycles. The smallest absolute Gasteiger partial charge is 0.306 e. The maximum Gasteiger partial charge on any atom is 0.306 e. The minimum Gasteiger partial charge on any atom is -0.466 e. The number of carbonyl (C=O) groups excluding carboxylic acids is 3. The molecule has 0 fully saturated rings. The molecule has 0 radical (unpaired) electrons. The first-order valence-corrected chi connectivity index (χ1v) is 27.0. The molecule has 0 rings (SSSR count). The molecular weight excluding hydrogens is 773 g/mol. The number of hydrogen-bond acceptors (Lipinski definition) is 7. The number of rotatable bonds is 46. The fraction of sp³-hybridized carbons (Fsp3) is 0.944. The van der Waals surface area contributed by atoms with Crippen molar-refractivity contribution in [3.05, 3.63) is 0 Å². The quantitative estimate of drug-likeness (QED) is 0.0481. The van der Waals surface area contributed by atoms with E-state index in [1.165, 1.54) is 116 Å². The van der Waals surface area contributed by atoms with Crippen molar-refractivity contribution in [3.8, 4) is 0 Å². The highest BCUT2D eigenvalue weighted by molar-refractivity contribution is 5.80.